The van der Waals surface area contributed by atoms with Crippen LogP contribution < -0.4 is 5.32 Å². The quantitative estimate of drug-likeness (QED) is 0.715. The Morgan fingerprint density at radius 1 is 1.19 bits per heavy atom. The van der Waals surface area contributed by atoms with Gasteiger partial charge in [-0.05, 0) is 50.9 Å². The van der Waals surface area contributed by atoms with Crippen molar-refractivity contribution >= 4 is 5.57 Å². The summed E-state index contributed by atoms with van der Waals surface area (Å²) < 4.78 is 0. The second-order valence-corrected chi connectivity index (χ2v) is 4.29. The standard InChI is InChI=1S/C15H23N/c1-4-11-16-12-5-6-14(3)15-9-7-13(2)8-10-15/h6-10,16H,4-5,11-12H2,1-3H3. The molecule has 0 aliphatic heterocycles. The zero-order chi connectivity index (χ0) is 11.8. The molecule has 0 fully saturated rings. The Hall–Kier alpha value is -1.08. The molecule has 0 aliphatic rings. The minimum absolute atomic E-state index is 1.08. The number of nitrogens with one attached hydrogen (secondary N) is 1. The van der Waals surface area contributed by atoms with E-state index in [1.54, 1.807) is 0 Å². The molecule has 0 heterocycles. The van der Waals surface area contributed by atoms with E-state index >= 15 is 0 Å². The normalized spacial score (nSPS) is 11.8. The van der Waals surface area contributed by atoms with Crippen molar-refractivity contribution in [2.45, 2.75) is 33.6 Å². The average molecular weight is 217 g/mol. The zero-order valence-electron chi connectivity index (χ0n) is 10.7. The maximum absolute atomic E-state index is 3.41. The topological polar surface area (TPSA) is 12.0 Å². The van der Waals surface area contributed by atoms with Crippen LogP contribution in [-0.4, -0.2) is 13.1 Å². The summed E-state index contributed by atoms with van der Waals surface area (Å²) in [7, 11) is 0. The smallest absolute Gasteiger partial charge is 0.00141 e. The highest BCUT2D eigenvalue weighted by Crippen LogP contribution is 2.14. The molecule has 0 unspecified atom stereocenters. The van der Waals surface area contributed by atoms with Crippen molar-refractivity contribution in [1.29, 1.82) is 0 Å². The number of allylic oxidation sites excluding steroid dienone is 1. The Balaban J connectivity index is 2.41. The molecule has 1 aromatic rings. The molecule has 0 amide bonds. The molecule has 0 bridgehead atoms. The van der Waals surface area contributed by atoms with Crippen LogP contribution in [0.2, 0.25) is 0 Å². The lowest BCUT2D eigenvalue weighted by Gasteiger charge is -2.03. The number of benzene rings is 1. The molecule has 0 atom stereocenters. The average Bonchev–Trinajstić information content (AvgIpc) is 2.29. The number of aryl methyl sites for hydroxylation is 1. The van der Waals surface area contributed by atoms with Crippen LogP contribution in [0.3, 0.4) is 0 Å². The van der Waals surface area contributed by atoms with Crippen molar-refractivity contribution in [2.75, 3.05) is 13.1 Å². The van der Waals surface area contributed by atoms with E-state index in [1.807, 2.05) is 0 Å². The first-order chi connectivity index (χ1) is 7.74. The molecule has 0 radical (unpaired) electrons. The molecule has 1 heteroatoms. The Morgan fingerprint density at radius 2 is 1.88 bits per heavy atom. The molecule has 16 heavy (non-hydrogen) atoms. The fraction of sp³-hybridized carbons (Fsp3) is 0.467. The van der Waals surface area contributed by atoms with Gasteiger partial charge in [0, 0.05) is 0 Å². The largest absolute Gasteiger partial charge is 0.316 e. The van der Waals surface area contributed by atoms with Crippen LogP contribution in [0.1, 0.15) is 37.8 Å². The van der Waals surface area contributed by atoms with E-state index < -0.39 is 0 Å². The van der Waals surface area contributed by atoms with Gasteiger partial charge in [0.2, 0.25) is 0 Å². The highest BCUT2D eigenvalue weighted by Gasteiger charge is 1.94. The Kier molecular flexibility index (Phi) is 5.87. The van der Waals surface area contributed by atoms with Crippen molar-refractivity contribution < 1.29 is 0 Å². The van der Waals surface area contributed by atoms with Gasteiger partial charge in [0.25, 0.3) is 0 Å². The first kappa shape index (κ1) is 13.0. The molecule has 0 saturated carbocycles. The first-order valence-electron chi connectivity index (χ1n) is 6.18. The Labute approximate surface area is 99.6 Å². The van der Waals surface area contributed by atoms with Crippen LogP contribution in [0.25, 0.3) is 5.57 Å². The fourth-order valence-corrected chi connectivity index (χ4v) is 1.63. The van der Waals surface area contributed by atoms with Gasteiger partial charge >= 0.3 is 0 Å². The van der Waals surface area contributed by atoms with Gasteiger partial charge in [-0.25, -0.2) is 0 Å². The van der Waals surface area contributed by atoms with Crippen molar-refractivity contribution in [1.82, 2.24) is 5.32 Å². The SMILES string of the molecule is CCCNCCC=C(C)c1ccc(C)cc1. The van der Waals surface area contributed by atoms with Crippen LogP contribution in [0.5, 0.6) is 0 Å². The monoisotopic (exact) mass is 217 g/mol. The van der Waals surface area contributed by atoms with Crippen LogP contribution in [0.15, 0.2) is 30.3 Å². The summed E-state index contributed by atoms with van der Waals surface area (Å²) in [5, 5.41) is 3.41. The van der Waals surface area contributed by atoms with Crippen LogP contribution in [0.4, 0.5) is 0 Å². The van der Waals surface area contributed by atoms with E-state index in [9.17, 15) is 0 Å². The molecular weight excluding hydrogens is 194 g/mol. The second-order valence-electron chi connectivity index (χ2n) is 4.29. The lowest BCUT2D eigenvalue weighted by molar-refractivity contribution is 0.678. The third-order valence-electron chi connectivity index (χ3n) is 2.71. The van der Waals surface area contributed by atoms with Gasteiger partial charge in [-0.1, -0.05) is 42.8 Å². The molecule has 0 aliphatic carbocycles. The van der Waals surface area contributed by atoms with Gasteiger partial charge in [0.05, 0.1) is 0 Å². The van der Waals surface area contributed by atoms with Crippen LogP contribution in [-0.2, 0) is 0 Å². The molecule has 1 aromatic carbocycles. The van der Waals surface area contributed by atoms with E-state index in [-0.39, 0.29) is 0 Å². The molecule has 88 valence electrons. The molecule has 0 aromatic heterocycles. The van der Waals surface area contributed by atoms with Gasteiger partial charge in [0.15, 0.2) is 0 Å². The predicted molar refractivity (Wildman–Crippen MR) is 72.6 cm³/mol. The number of hydrogen-bond donors (Lipinski definition) is 1. The Bertz CT molecular complexity index is 322. The molecule has 1 rings (SSSR count). The summed E-state index contributed by atoms with van der Waals surface area (Å²) in [4.78, 5) is 0. The second kappa shape index (κ2) is 7.24. The van der Waals surface area contributed by atoms with E-state index in [4.69, 9.17) is 0 Å². The molecule has 1 nitrogen and oxygen atoms in total. The zero-order valence-corrected chi connectivity index (χ0v) is 10.7. The van der Waals surface area contributed by atoms with Gasteiger partial charge in [-0.3, -0.25) is 0 Å². The number of rotatable bonds is 6. The summed E-state index contributed by atoms with van der Waals surface area (Å²) in [6.07, 6.45) is 4.63. The predicted octanol–water partition coefficient (Wildman–Crippen LogP) is 3.79. The minimum atomic E-state index is 1.08. The number of hydrogen-bond acceptors (Lipinski definition) is 1. The third kappa shape index (κ3) is 4.63. The van der Waals surface area contributed by atoms with Crippen molar-refractivity contribution in [3.63, 3.8) is 0 Å². The van der Waals surface area contributed by atoms with Gasteiger partial charge < -0.3 is 5.32 Å². The highest BCUT2D eigenvalue weighted by atomic mass is 14.8. The highest BCUT2D eigenvalue weighted by molar-refractivity contribution is 5.63. The summed E-state index contributed by atoms with van der Waals surface area (Å²) in [6.45, 7) is 8.71. The third-order valence-corrected chi connectivity index (χ3v) is 2.71. The summed E-state index contributed by atoms with van der Waals surface area (Å²) in [5.41, 5.74) is 4.03. The molecule has 1 N–H and O–H groups in total. The van der Waals surface area contributed by atoms with Gasteiger partial charge in [-0.2, -0.15) is 0 Å². The van der Waals surface area contributed by atoms with Crippen LogP contribution in [0, 0.1) is 6.92 Å². The summed E-state index contributed by atoms with van der Waals surface area (Å²) >= 11 is 0. The minimum Gasteiger partial charge on any atom is -0.316 e. The maximum atomic E-state index is 3.41. The van der Waals surface area contributed by atoms with Gasteiger partial charge in [-0.15, -0.1) is 0 Å². The maximum Gasteiger partial charge on any atom is -0.00141 e. The first-order valence-corrected chi connectivity index (χ1v) is 6.18. The summed E-state index contributed by atoms with van der Waals surface area (Å²) in [5.74, 6) is 0. The van der Waals surface area contributed by atoms with Crippen molar-refractivity contribution in [2.24, 2.45) is 0 Å². The van der Waals surface area contributed by atoms with Crippen LogP contribution >= 0.6 is 0 Å². The van der Waals surface area contributed by atoms with E-state index in [1.165, 1.54) is 23.1 Å². The van der Waals surface area contributed by atoms with E-state index in [0.29, 0.717) is 0 Å². The molecule has 0 saturated heterocycles. The van der Waals surface area contributed by atoms with E-state index in [0.717, 1.165) is 19.5 Å². The van der Waals surface area contributed by atoms with Crippen molar-refractivity contribution in [3.8, 4) is 0 Å². The van der Waals surface area contributed by atoms with Gasteiger partial charge in [0.1, 0.15) is 0 Å². The van der Waals surface area contributed by atoms with E-state index in [2.05, 4.69) is 56.4 Å². The lowest BCUT2D eigenvalue weighted by atomic mass is 10.0. The molecule has 0 spiro atoms. The summed E-state index contributed by atoms with van der Waals surface area (Å²) in [6, 6.07) is 8.73. The lowest BCUT2D eigenvalue weighted by Crippen LogP contribution is -2.15. The Morgan fingerprint density at radius 3 is 2.50 bits per heavy atom. The molecular formula is C15H23N. The fourth-order valence-electron chi connectivity index (χ4n) is 1.63. The van der Waals surface area contributed by atoms with Crippen molar-refractivity contribution in [3.05, 3.63) is 41.5 Å².